The van der Waals surface area contributed by atoms with Gasteiger partial charge in [0.2, 0.25) is 5.91 Å². The summed E-state index contributed by atoms with van der Waals surface area (Å²) in [5.41, 5.74) is 3.45. The van der Waals surface area contributed by atoms with Crippen molar-refractivity contribution < 1.29 is 14.3 Å². The summed E-state index contributed by atoms with van der Waals surface area (Å²) in [7, 11) is 1.32. The van der Waals surface area contributed by atoms with Crippen LogP contribution in [0.2, 0.25) is 5.02 Å². The van der Waals surface area contributed by atoms with Gasteiger partial charge in [0, 0.05) is 10.7 Å². The number of carbonyl (C=O) groups is 2. The van der Waals surface area contributed by atoms with E-state index >= 15 is 0 Å². The maximum Gasteiger partial charge on any atom is 0.337 e. The van der Waals surface area contributed by atoms with Crippen LogP contribution in [0.4, 0.5) is 5.69 Å². The number of amides is 1. The minimum Gasteiger partial charge on any atom is -0.465 e. The molecule has 0 aromatic heterocycles. The van der Waals surface area contributed by atoms with E-state index in [1.165, 1.54) is 7.11 Å². The molecule has 168 valence electrons. The van der Waals surface area contributed by atoms with Gasteiger partial charge in [0.15, 0.2) is 0 Å². The van der Waals surface area contributed by atoms with Gasteiger partial charge in [0.25, 0.3) is 0 Å². The number of methoxy groups -OCH3 is 1. The Kier molecular flexibility index (Phi) is 6.47. The summed E-state index contributed by atoms with van der Waals surface area (Å²) in [6, 6.07) is 24.4. The fourth-order valence-electron chi connectivity index (χ4n) is 4.04. The number of benzene rings is 3. The number of anilines is 1. The highest BCUT2D eigenvalue weighted by molar-refractivity contribution is 6.30. The molecule has 1 aliphatic rings. The van der Waals surface area contributed by atoms with Crippen molar-refractivity contribution in [3.8, 4) is 0 Å². The number of hydrogen-bond acceptors (Lipinski definition) is 5. The lowest BCUT2D eigenvalue weighted by atomic mass is 9.76. The molecule has 7 heteroatoms. The van der Waals surface area contributed by atoms with Gasteiger partial charge in [-0.3, -0.25) is 9.80 Å². The molecule has 3 aromatic rings. The Labute approximate surface area is 197 Å². The first-order valence-corrected chi connectivity index (χ1v) is 10.9. The molecule has 33 heavy (non-hydrogen) atoms. The van der Waals surface area contributed by atoms with E-state index in [-0.39, 0.29) is 12.5 Å². The van der Waals surface area contributed by atoms with Gasteiger partial charge in [-0.05, 0) is 48.4 Å². The van der Waals surface area contributed by atoms with Crippen molar-refractivity contribution in [3.63, 3.8) is 0 Å². The van der Waals surface area contributed by atoms with Crippen molar-refractivity contribution in [3.05, 3.63) is 101 Å². The SMILES string of the molecule is COC(=O)c1cccc(NC(=O)CN2CC(C)(c3ccccc3)C(c3ccc(Cl)cc3)=N2)c1. The molecule has 1 unspecified atom stereocenters. The van der Waals surface area contributed by atoms with E-state index in [2.05, 4.69) is 24.4 Å². The van der Waals surface area contributed by atoms with Crippen LogP contribution >= 0.6 is 11.6 Å². The molecule has 0 saturated carbocycles. The normalized spacial score (nSPS) is 17.4. The van der Waals surface area contributed by atoms with E-state index in [4.69, 9.17) is 21.4 Å². The molecule has 0 radical (unpaired) electrons. The number of halogens is 1. The first-order chi connectivity index (χ1) is 15.9. The molecule has 1 atom stereocenters. The van der Waals surface area contributed by atoms with Gasteiger partial charge >= 0.3 is 5.97 Å². The molecule has 1 N–H and O–H groups in total. The maximum absolute atomic E-state index is 12.8. The molecule has 1 aliphatic heterocycles. The van der Waals surface area contributed by atoms with Crippen LogP contribution in [0.15, 0.2) is 84.0 Å². The van der Waals surface area contributed by atoms with Crippen LogP contribution in [-0.4, -0.2) is 42.8 Å². The maximum atomic E-state index is 12.8. The summed E-state index contributed by atoms with van der Waals surface area (Å²) in [6.45, 7) is 2.75. The van der Waals surface area contributed by atoms with E-state index in [9.17, 15) is 9.59 Å². The second kappa shape index (κ2) is 9.46. The topological polar surface area (TPSA) is 71.0 Å². The molecule has 0 saturated heterocycles. The third kappa shape index (κ3) is 4.91. The average molecular weight is 462 g/mol. The average Bonchev–Trinajstić information content (AvgIpc) is 3.16. The molecular formula is C26H24ClN3O3. The second-order valence-corrected chi connectivity index (χ2v) is 8.53. The van der Waals surface area contributed by atoms with Crippen LogP contribution in [0.3, 0.4) is 0 Å². The van der Waals surface area contributed by atoms with E-state index in [0.717, 1.165) is 16.8 Å². The summed E-state index contributed by atoms with van der Waals surface area (Å²) < 4.78 is 4.74. The summed E-state index contributed by atoms with van der Waals surface area (Å²) in [5.74, 6) is -0.685. The first-order valence-electron chi connectivity index (χ1n) is 10.5. The van der Waals surface area contributed by atoms with Crippen LogP contribution in [0.25, 0.3) is 0 Å². The van der Waals surface area contributed by atoms with Gasteiger partial charge < -0.3 is 10.1 Å². The molecule has 1 heterocycles. The number of rotatable bonds is 6. The number of hydrogen-bond donors (Lipinski definition) is 1. The Hall–Kier alpha value is -3.64. The summed E-state index contributed by atoms with van der Waals surface area (Å²) in [4.78, 5) is 24.6. The second-order valence-electron chi connectivity index (χ2n) is 8.10. The molecule has 0 spiro atoms. The fourth-order valence-corrected chi connectivity index (χ4v) is 4.17. The molecule has 4 rings (SSSR count). The molecular weight excluding hydrogens is 438 g/mol. The number of hydrazone groups is 1. The van der Waals surface area contributed by atoms with Crippen LogP contribution in [-0.2, 0) is 14.9 Å². The highest BCUT2D eigenvalue weighted by Gasteiger charge is 2.41. The quantitative estimate of drug-likeness (QED) is 0.538. The molecule has 0 fully saturated rings. The molecule has 6 nitrogen and oxygen atoms in total. The third-order valence-electron chi connectivity index (χ3n) is 5.68. The van der Waals surface area contributed by atoms with Crippen molar-refractivity contribution in [1.29, 1.82) is 0 Å². The predicted molar refractivity (Wildman–Crippen MR) is 130 cm³/mol. The number of nitrogens with zero attached hydrogens (tertiary/aromatic N) is 2. The smallest absolute Gasteiger partial charge is 0.337 e. The third-order valence-corrected chi connectivity index (χ3v) is 5.94. The van der Waals surface area contributed by atoms with Crippen molar-refractivity contribution in [2.75, 3.05) is 25.5 Å². The minimum atomic E-state index is -0.457. The van der Waals surface area contributed by atoms with Crippen LogP contribution < -0.4 is 5.32 Å². The van der Waals surface area contributed by atoms with Gasteiger partial charge in [-0.1, -0.05) is 60.1 Å². The lowest BCUT2D eigenvalue weighted by molar-refractivity contribution is -0.117. The predicted octanol–water partition coefficient (Wildman–Crippen LogP) is 4.74. The lowest BCUT2D eigenvalue weighted by Crippen LogP contribution is -2.38. The number of nitrogens with one attached hydrogen (secondary N) is 1. The first kappa shape index (κ1) is 22.6. The van der Waals surface area contributed by atoms with Crippen LogP contribution in [0.1, 0.15) is 28.4 Å². The van der Waals surface area contributed by atoms with Gasteiger partial charge in [-0.15, -0.1) is 0 Å². The Morgan fingerprint density at radius 3 is 2.48 bits per heavy atom. The van der Waals surface area contributed by atoms with Crippen molar-refractivity contribution in [1.82, 2.24) is 5.01 Å². The minimum absolute atomic E-state index is 0.0714. The van der Waals surface area contributed by atoms with Gasteiger partial charge in [0.1, 0.15) is 6.54 Å². The highest BCUT2D eigenvalue weighted by Crippen LogP contribution is 2.35. The largest absolute Gasteiger partial charge is 0.465 e. The standard InChI is InChI=1S/C26H24ClN3O3/c1-26(20-8-4-3-5-9-20)17-30(29-24(26)18-11-13-21(27)14-12-18)16-23(31)28-22-10-6-7-19(15-22)25(32)33-2/h3-15H,16-17H2,1-2H3,(H,28,31). The Morgan fingerprint density at radius 1 is 1.06 bits per heavy atom. The molecule has 0 bridgehead atoms. The summed E-state index contributed by atoms with van der Waals surface area (Å²) in [6.07, 6.45) is 0. The zero-order valence-corrected chi connectivity index (χ0v) is 19.2. The van der Waals surface area contributed by atoms with Gasteiger partial charge in [-0.25, -0.2) is 4.79 Å². The zero-order chi connectivity index (χ0) is 23.4. The number of carbonyl (C=O) groups excluding carboxylic acids is 2. The zero-order valence-electron chi connectivity index (χ0n) is 18.4. The lowest BCUT2D eigenvalue weighted by Gasteiger charge is -2.27. The fraction of sp³-hybridized carbons (Fsp3) is 0.192. The Morgan fingerprint density at radius 2 is 1.79 bits per heavy atom. The number of esters is 1. The molecule has 3 aromatic carbocycles. The van der Waals surface area contributed by atoms with Crippen molar-refractivity contribution in [2.45, 2.75) is 12.3 Å². The van der Waals surface area contributed by atoms with E-state index < -0.39 is 11.4 Å². The van der Waals surface area contributed by atoms with Gasteiger partial charge in [0.05, 0.1) is 30.3 Å². The summed E-state index contributed by atoms with van der Waals surface area (Å²) >= 11 is 6.09. The summed E-state index contributed by atoms with van der Waals surface area (Å²) in [5, 5.41) is 10.1. The van der Waals surface area contributed by atoms with E-state index in [0.29, 0.717) is 22.8 Å². The van der Waals surface area contributed by atoms with Crippen LogP contribution in [0.5, 0.6) is 0 Å². The molecule has 0 aliphatic carbocycles. The van der Waals surface area contributed by atoms with E-state index in [1.54, 1.807) is 29.3 Å². The molecule has 1 amide bonds. The van der Waals surface area contributed by atoms with Crippen LogP contribution in [0, 0.1) is 0 Å². The monoisotopic (exact) mass is 461 g/mol. The van der Waals surface area contributed by atoms with Gasteiger partial charge in [-0.2, -0.15) is 5.10 Å². The Bertz CT molecular complexity index is 1190. The number of ether oxygens (including phenoxy) is 1. The van der Waals surface area contributed by atoms with E-state index in [1.807, 2.05) is 42.5 Å². The van der Waals surface area contributed by atoms with Crippen molar-refractivity contribution in [2.24, 2.45) is 5.10 Å². The highest BCUT2D eigenvalue weighted by atomic mass is 35.5. The van der Waals surface area contributed by atoms with Crippen molar-refractivity contribution >= 4 is 34.9 Å². The Balaban J connectivity index is 1.56.